The van der Waals surface area contributed by atoms with Gasteiger partial charge in [-0.05, 0) is 34.1 Å². The summed E-state index contributed by atoms with van der Waals surface area (Å²) in [7, 11) is 0. The zero-order valence-electron chi connectivity index (χ0n) is 6.45. The lowest BCUT2D eigenvalue weighted by Crippen LogP contribution is -1.94. The van der Waals surface area contributed by atoms with Crippen LogP contribution in [-0.2, 0) is 0 Å². The van der Waals surface area contributed by atoms with Crippen LogP contribution >= 0.6 is 15.9 Å². The number of benzene rings is 1. The molecule has 1 aromatic heterocycles. The van der Waals surface area contributed by atoms with Crippen LogP contribution in [0.15, 0.2) is 37.9 Å². The molecule has 0 aliphatic rings. The summed E-state index contributed by atoms with van der Waals surface area (Å²) in [6.45, 7) is 0. The molecule has 0 amide bonds. The van der Waals surface area contributed by atoms with Crippen molar-refractivity contribution in [3.63, 3.8) is 0 Å². The average Bonchev–Trinajstić information content (AvgIpc) is 2.12. The molecule has 66 valence electrons. The first-order valence-corrected chi connectivity index (χ1v) is 4.39. The van der Waals surface area contributed by atoms with Gasteiger partial charge >= 0.3 is 5.63 Å². The van der Waals surface area contributed by atoms with Crippen LogP contribution < -0.4 is 5.63 Å². The molecule has 1 heterocycles. The van der Waals surface area contributed by atoms with Crippen LogP contribution in [0.3, 0.4) is 0 Å². The van der Waals surface area contributed by atoms with E-state index in [9.17, 15) is 9.90 Å². The fourth-order valence-electron chi connectivity index (χ4n) is 1.09. The van der Waals surface area contributed by atoms with E-state index in [0.717, 1.165) is 5.39 Å². The molecule has 0 bridgehead atoms. The van der Waals surface area contributed by atoms with E-state index in [1.807, 2.05) is 0 Å². The maximum atomic E-state index is 10.9. The predicted molar refractivity (Wildman–Crippen MR) is 51.8 cm³/mol. The summed E-state index contributed by atoms with van der Waals surface area (Å²) in [5.74, 6) is 0.0573. The molecule has 0 spiro atoms. The third-order valence-electron chi connectivity index (χ3n) is 1.71. The van der Waals surface area contributed by atoms with Crippen molar-refractivity contribution >= 4 is 26.9 Å². The first-order valence-electron chi connectivity index (χ1n) is 3.60. The molecule has 0 atom stereocenters. The van der Waals surface area contributed by atoms with Gasteiger partial charge in [-0.2, -0.15) is 0 Å². The fraction of sp³-hybridized carbons (Fsp3) is 0. The molecule has 3 nitrogen and oxygen atoms in total. The maximum Gasteiger partial charge on any atom is 0.336 e. The monoisotopic (exact) mass is 240 g/mol. The predicted octanol–water partition coefficient (Wildman–Crippen LogP) is 2.26. The lowest BCUT2D eigenvalue weighted by atomic mass is 10.2. The van der Waals surface area contributed by atoms with E-state index >= 15 is 0 Å². The zero-order chi connectivity index (χ0) is 9.42. The maximum absolute atomic E-state index is 10.9. The minimum Gasteiger partial charge on any atom is -0.507 e. The average molecular weight is 241 g/mol. The fourth-order valence-corrected chi connectivity index (χ4v) is 1.53. The Balaban J connectivity index is 2.97. The summed E-state index contributed by atoms with van der Waals surface area (Å²) in [6.07, 6.45) is 0. The number of hydrogen-bond acceptors (Lipinski definition) is 3. The summed E-state index contributed by atoms with van der Waals surface area (Å²) in [5.41, 5.74) is -0.0636. The van der Waals surface area contributed by atoms with Crippen molar-refractivity contribution < 1.29 is 9.52 Å². The van der Waals surface area contributed by atoms with Gasteiger partial charge in [-0.3, -0.25) is 0 Å². The summed E-state index contributed by atoms with van der Waals surface area (Å²) in [5, 5.41) is 10.1. The topological polar surface area (TPSA) is 50.4 Å². The molecular formula is C9H5BrO3. The number of rotatable bonds is 0. The van der Waals surface area contributed by atoms with E-state index in [4.69, 9.17) is 4.42 Å². The van der Waals surface area contributed by atoms with Gasteiger partial charge < -0.3 is 9.52 Å². The second-order valence-electron chi connectivity index (χ2n) is 2.57. The summed E-state index contributed by atoms with van der Waals surface area (Å²) in [4.78, 5) is 10.9. The lowest BCUT2D eigenvalue weighted by Gasteiger charge is -1.99. The molecular weight excluding hydrogens is 236 g/mol. The number of halogens is 1. The van der Waals surface area contributed by atoms with Crippen molar-refractivity contribution in [2.75, 3.05) is 0 Å². The number of phenolic OH excluding ortho intramolecular Hbond substituents is 1. The van der Waals surface area contributed by atoms with Gasteiger partial charge in [0.1, 0.15) is 10.2 Å². The lowest BCUT2D eigenvalue weighted by molar-refractivity contribution is 0.469. The Kier molecular flexibility index (Phi) is 1.84. The molecule has 0 aliphatic heterocycles. The molecule has 0 saturated carbocycles. The molecule has 1 N–H and O–H groups in total. The summed E-state index contributed by atoms with van der Waals surface area (Å²) < 4.78 is 5.32. The first kappa shape index (κ1) is 8.31. The highest BCUT2D eigenvalue weighted by atomic mass is 79.9. The van der Waals surface area contributed by atoms with Crippen LogP contribution in [0.1, 0.15) is 0 Å². The van der Waals surface area contributed by atoms with Gasteiger partial charge in [-0.1, -0.05) is 0 Å². The van der Waals surface area contributed by atoms with Crippen molar-refractivity contribution in [1.82, 2.24) is 0 Å². The van der Waals surface area contributed by atoms with Gasteiger partial charge in [0.25, 0.3) is 0 Å². The highest BCUT2D eigenvalue weighted by Gasteiger charge is 2.05. The van der Waals surface area contributed by atoms with E-state index < -0.39 is 5.63 Å². The van der Waals surface area contributed by atoms with Crippen molar-refractivity contribution in [1.29, 1.82) is 0 Å². The SMILES string of the molecule is O=c1ccc2ccc(O)c(Br)c2o1. The van der Waals surface area contributed by atoms with Crippen LogP contribution in [-0.4, -0.2) is 5.11 Å². The third kappa shape index (κ3) is 1.33. The van der Waals surface area contributed by atoms with Gasteiger partial charge in [0.15, 0.2) is 5.58 Å². The van der Waals surface area contributed by atoms with Gasteiger partial charge in [-0.25, -0.2) is 4.79 Å². The second-order valence-corrected chi connectivity index (χ2v) is 3.36. The smallest absolute Gasteiger partial charge is 0.336 e. The quantitative estimate of drug-likeness (QED) is 0.719. The molecule has 0 radical (unpaired) electrons. The summed E-state index contributed by atoms with van der Waals surface area (Å²) >= 11 is 3.13. The molecule has 2 rings (SSSR count). The van der Waals surface area contributed by atoms with E-state index in [2.05, 4.69) is 15.9 Å². The first-order chi connectivity index (χ1) is 6.18. The summed E-state index contributed by atoms with van der Waals surface area (Å²) in [6, 6.07) is 6.20. The van der Waals surface area contributed by atoms with Crippen molar-refractivity contribution in [2.45, 2.75) is 0 Å². The molecule has 13 heavy (non-hydrogen) atoms. The highest BCUT2D eigenvalue weighted by molar-refractivity contribution is 9.10. The molecule has 2 aromatic rings. The van der Waals surface area contributed by atoms with Crippen molar-refractivity contribution in [3.05, 3.63) is 39.2 Å². The van der Waals surface area contributed by atoms with E-state index in [1.54, 1.807) is 12.1 Å². The molecule has 0 saturated heterocycles. The molecule has 0 unspecified atom stereocenters. The van der Waals surface area contributed by atoms with E-state index in [0.29, 0.717) is 10.1 Å². The van der Waals surface area contributed by atoms with Gasteiger partial charge in [0.05, 0.1) is 0 Å². The normalized spacial score (nSPS) is 10.5. The van der Waals surface area contributed by atoms with Crippen LogP contribution in [0, 0.1) is 0 Å². The Morgan fingerprint density at radius 1 is 1.23 bits per heavy atom. The van der Waals surface area contributed by atoms with Crippen LogP contribution in [0.2, 0.25) is 0 Å². The molecule has 0 aliphatic carbocycles. The van der Waals surface area contributed by atoms with Crippen molar-refractivity contribution in [2.24, 2.45) is 0 Å². The van der Waals surface area contributed by atoms with Crippen LogP contribution in [0.25, 0.3) is 11.0 Å². The highest BCUT2D eigenvalue weighted by Crippen LogP contribution is 2.30. The number of fused-ring (bicyclic) bond motifs is 1. The van der Waals surface area contributed by atoms with Gasteiger partial charge in [-0.15, -0.1) is 0 Å². The van der Waals surface area contributed by atoms with E-state index in [-0.39, 0.29) is 5.75 Å². The Labute approximate surface area is 81.7 Å². The van der Waals surface area contributed by atoms with Gasteiger partial charge in [0, 0.05) is 11.5 Å². The largest absolute Gasteiger partial charge is 0.507 e. The van der Waals surface area contributed by atoms with Crippen LogP contribution in [0.5, 0.6) is 5.75 Å². The van der Waals surface area contributed by atoms with E-state index in [1.165, 1.54) is 12.1 Å². The Morgan fingerprint density at radius 2 is 1.92 bits per heavy atom. The minimum absolute atomic E-state index is 0.0573. The molecule has 0 fully saturated rings. The Hall–Kier alpha value is -1.29. The number of phenols is 1. The molecule has 4 heteroatoms. The number of aromatic hydroxyl groups is 1. The standard InChI is InChI=1S/C9H5BrO3/c10-8-6(11)3-1-5-2-4-7(12)13-9(5)8/h1-4,11H. The third-order valence-corrected chi connectivity index (χ3v) is 2.48. The number of hydrogen-bond donors (Lipinski definition) is 1. The molecule has 1 aromatic carbocycles. The van der Waals surface area contributed by atoms with Crippen LogP contribution in [0.4, 0.5) is 0 Å². The second kappa shape index (κ2) is 2.88. The Bertz CT molecular complexity index is 516. The zero-order valence-corrected chi connectivity index (χ0v) is 8.04. The Morgan fingerprint density at radius 3 is 2.69 bits per heavy atom. The van der Waals surface area contributed by atoms with Crippen molar-refractivity contribution in [3.8, 4) is 5.75 Å². The minimum atomic E-state index is -0.432. The van der Waals surface area contributed by atoms with Gasteiger partial charge in [0.2, 0.25) is 0 Å².